The highest BCUT2D eigenvalue weighted by Gasteiger charge is 2.43. The lowest BCUT2D eigenvalue weighted by Crippen LogP contribution is -2.57. The fourth-order valence-corrected chi connectivity index (χ4v) is 2.24. The van der Waals surface area contributed by atoms with Gasteiger partial charge < -0.3 is 44.8 Å². The van der Waals surface area contributed by atoms with Crippen molar-refractivity contribution < 1.29 is 44.8 Å². The van der Waals surface area contributed by atoms with Gasteiger partial charge in [-0.15, -0.1) is 0 Å². The van der Waals surface area contributed by atoms with Crippen LogP contribution >= 0.6 is 0 Å². The monoisotopic (exact) mass is 296 g/mol. The van der Waals surface area contributed by atoms with Crippen LogP contribution < -0.4 is 0 Å². The van der Waals surface area contributed by atoms with E-state index in [9.17, 15) is 25.5 Å². The van der Waals surface area contributed by atoms with Crippen LogP contribution in [0.25, 0.3) is 0 Å². The van der Waals surface area contributed by atoms with Crippen molar-refractivity contribution in [1.82, 2.24) is 0 Å². The number of hydrogen-bond donors (Lipinski definition) is 6. The summed E-state index contributed by atoms with van der Waals surface area (Å²) in [5.74, 6) is 0. The van der Waals surface area contributed by atoms with Gasteiger partial charge in [-0.05, 0) is 0 Å². The third-order valence-electron chi connectivity index (χ3n) is 3.47. The maximum absolute atomic E-state index is 9.74. The summed E-state index contributed by atoms with van der Waals surface area (Å²) in [6, 6.07) is 0. The van der Waals surface area contributed by atoms with Crippen LogP contribution in [-0.4, -0.2) is 93.1 Å². The number of aliphatic hydroxyl groups excluding tert-OH is 6. The van der Waals surface area contributed by atoms with Crippen molar-refractivity contribution in [2.75, 3.05) is 13.2 Å². The van der Waals surface area contributed by atoms with Gasteiger partial charge in [0, 0.05) is 6.42 Å². The van der Waals surface area contributed by atoms with E-state index in [1.165, 1.54) is 0 Å². The Morgan fingerprint density at radius 1 is 1.00 bits per heavy atom. The molecule has 0 aromatic heterocycles. The molecule has 0 aliphatic carbocycles. The van der Waals surface area contributed by atoms with Crippen LogP contribution in [0.5, 0.6) is 0 Å². The molecule has 0 saturated carbocycles. The zero-order valence-corrected chi connectivity index (χ0v) is 10.6. The van der Waals surface area contributed by atoms with Crippen LogP contribution in [0.1, 0.15) is 6.42 Å². The molecule has 2 fully saturated rings. The molecule has 2 heterocycles. The number of hydrogen-bond acceptors (Lipinski definition) is 9. The summed E-state index contributed by atoms with van der Waals surface area (Å²) >= 11 is 0. The van der Waals surface area contributed by atoms with E-state index in [1.807, 2.05) is 0 Å². The van der Waals surface area contributed by atoms with E-state index in [0.717, 1.165) is 0 Å². The van der Waals surface area contributed by atoms with Gasteiger partial charge in [0.1, 0.15) is 30.5 Å². The van der Waals surface area contributed by atoms with E-state index < -0.39 is 55.8 Å². The lowest BCUT2D eigenvalue weighted by atomic mass is 10.0. The van der Waals surface area contributed by atoms with Crippen LogP contribution in [0.3, 0.4) is 0 Å². The molecule has 0 bridgehead atoms. The Bertz CT molecular complexity index is 314. The first-order chi connectivity index (χ1) is 9.43. The first kappa shape index (κ1) is 16.0. The predicted octanol–water partition coefficient (Wildman–Crippen LogP) is -3.73. The highest BCUT2D eigenvalue weighted by Crippen LogP contribution is 2.26. The van der Waals surface area contributed by atoms with Gasteiger partial charge in [0.2, 0.25) is 0 Å². The van der Waals surface area contributed by atoms with Crippen molar-refractivity contribution in [3.63, 3.8) is 0 Å². The smallest absolute Gasteiger partial charge is 0.186 e. The average molecular weight is 296 g/mol. The van der Waals surface area contributed by atoms with Gasteiger partial charge >= 0.3 is 0 Å². The Morgan fingerprint density at radius 2 is 1.70 bits per heavy atom. The van der Waals surface area contributed by atoms with Crippen LogP contribution in [0.4, 0.5) is 0 Å². The second-order valence-corrected chi connectivity index (χ2v) is 4.98. The molecule has 0 aromatic carbocycles. The van der Waals surface area contributed by atoms with E-state index >= 15 is 0 Å². The molecule has 9 heteroatoms. The molecular weight excluding hydrogens is 276 g/mol. The molecule has 0 spiro atoms. The Hall–Kier alpha value is -0.360. The minimum Gasteiger partial charge on any atom is -0.394 e. The number of ether oxygens (including phenoxy) is 3. The van der Waals surface area contributed by atoms with Crippen LogP contribution in [0, 0.1) is 0 Å². The zero-order valence-electron chi connectivity index (χ0n) is 10.6. The Balaban J connectivity index is 1.97. The molecule has 20 heavy (non-hydrogen) atoms. The van der Waals surface area contributed by atoms with Gasteiger partial charge in [0.05, 0.1) is 19.3 Å². The summed E-state index contributed by atoms with van der Waals surface area (Å²) in [6.07, 6.45) is -9.70. The maximum Gasteiger partial charge on any atom is 0.186 e. The Morgan fingerprint density at radius 3 is 2.35 bits per heavy atom. The van der Waals surface area contributed by atoms with Gasteiger partial charge in [-0.2, -0.15) is 0 Å². The molecule has 2 aliphatic rings. The molecule has 118 valence electrons. The fraction of sp³-hybridized carbons (Fsp3) is 1.00. The maximum atomic E-state index is 9.74. The Labute approximate surface area is 114 Å². The van der Waals surface area contributed by atoms with Gasteiger partial charge in [-0.25, -0.2) is 0 Å². The lowest BCUT2D eigenvalue weighted by molar-refractivity contribution is -0.321. The normalized spacial score (nSPS) is 50.1. The first-order valence-corrected chi connectivity index (χ1v) is 6.37. The minimum atomic E-state index is -1.47. The predicted molar refractivity (Wildman–Crippen MR) is 61.2 cm³/mol. The van der Waals surface area contributed by atoms with E-state index in [0.29, 0.717) is 0 Å². The highest BCUT2D eigenvalue weighted by molar-refractivity contribution is 4.86. The second kappa shape index (κ2) is 6.60. The summed E-state index contributed by atoms with van der Waals surface area (Å²) in [4.78, 5) is 0. The first-order valence-electron chi connectivity index (χ1n) is 6.37. The molecule has 6 N–H and O–H groups in total. The molecule has 0 unspecified atom stereocenters. The van der Waals surface area contributed by atoms with Gasteiger partial charge in [0.25, 0.3) is 0 Å². The summed E-state index contributed by atoms with van der Waals surface area (Å²) in [7, 11) is 0. The minimum absolute atomic E-state index is 0.0301. The van der Waals surface area contributed by atoms with Gasteiger partial charge in [-0.3, -0.25) is 0 Å². The lowest BCUT2D eigenvalue weighted by Gasteiger charge is -2.41. The molecule has 8 atom stereocenters. The number of rotatable bonds is 3. The molecule has 2 saturated heterocycles. The van der Waals surface area contributed by atoms with Crippen LogP contribution in [0.2, 0.25) is 0 Å². The second-order valence-electron chi connectivity index (χ2n) is 4.98. The van der Waals surface area contributed by atoms with Crippen LogP contribution in [-0.2, 0) is 14.2 Å². The third-order valence-corrected chi connectivity index (χ3v) is 3.47. The fourth-order valence-electron chi connectivity index (χ4n) is 2.24. The van der Waals surface area contributed by atoms with E-state index in [-0.39, 0.29) is 13.0 Å². The van der Waals surface area contributed by atoms with Crippen molar-refractivity contribution >= 4 is 0 Å². The van der Waals surface area contributed by atoms with Crippen molar-refractivity contribution in [1.29, 1.82) is 0 Å². The van der Waals surface area contributed by atoms with Gasteiger partial charge in [-0.1, -0.05) is 0 Å². The standard InChI is InChI=1S/C11H20O9/c12-2-7-6(1-4(13)10(17)19-7)20-11-9(16)8(15)5(14)3-18-11/h4-17H,1-3H2/t4-,5-,6+,7-,8+,9-,10+,11-/m1/s1. The molecule has 0 amide bonds. The van der Waals surface area contributed by atoms with E-state index in [2.05, 4.69) is 0 Å². The quantitative estimate of drug-likeness (QED) is 0.309. The molecule has 2 aliphatic heterocycles. The molecule has 2 rings (SSSR count). The largest absolute Gasteiger partial charge is 0.394 e. The SMILES string of the molecule is OC[C@H]1O[C@H](O)[C@H](O)C[C@@H]1O[C@H]1OC[C@@H](O)[C@H](O)[C@H]1O. The molecular formula is C11H20O9. The molecule has 9 nitrogen and oxygen atoms in total. The summed E-state index contributed by atoms with van der Waals surface area (Å²) in [5.41, 5.74) is 0. The van der Waals surface area contributed by atoms with E-state index in [4.69, 9.17) is 19.3 Å². The summed E-state index contributed by atoms with van der Waals surface area (Å²) in [5, 5.41) is 56.6. The van der Waals surface area contributed by atoms with E-state index in [1.54, 1.807) is 0 Å². The van der Waals surface area contributed by atoms with Crippen molar-refractivity contribution in [3.8, 4) is 0 Å². The van der Waals surface area contributed by atoms with Crippen LogP contribution in [0.15, 0.2) is 0 Å². The van der Waals surface area contributed by atoms with Crippen molar-refractivity contribution in [3.05, 3.63) is 0 Å². The summed E-state index contributed by atoms with van der Waals surface area (Å²) in [6.45, 7) is -0.673. The Kier molecular flexibility index (Phi) is 5.29. The summed E-state index contributed by atoms with van der Waals surface area (Å²) < 4.78 is 15.4. The highest BCUT2D eigenvalue weighted by atomic mass is 16.7. The van der Waals surface area contributed by atoms with Crippen molar-refractivity contribution in [2.24, 2.45) is 0 Å². The molecule has 0 radical (unpaired) electrons. The average Bonchev–Trinajstić information content (AvgIpc) is 2.43. The van der Waals surface area contributed by atoms with Gasteiger partial charge in [0.15, 0.2) is 12.6 Å². The topological polar surface area (TPSA) is 149 Å². The van der Waals surface area contributed by atoms with Crippen molar-refractivity contribution in [2.45, 2.75) is 55.6 Å². The third kappa shape index (κ3) is 3.27. The number of aliphatic hydroxyl groups is 6. The zero-order chi connectivity index (χ0) is 14.9. The molecule has 0 aromatic rings.